The number of aromatic nitrogens is 2. The van der Waals surface area contributed by atoms with Gasteiger partial charge in [-0.25, -0.2) is 4.68 Å². The smallest absolute Gasteiger partial charge is 0.377 e. The number of hydrogen-bond acceptors (Lipinski definition) is 3. The Labute approximate surface area is 84.0 Å². The number of ether oxygens (including phenoxy) is 1. The lowest BCUT2D eigenvalue weighted by molar-refractivity contribution is -0.142. The molecule has 0 saturated carbocycles. The minimum Gasteiger partial charge on any atom is -0.377 e. The predicted octanol–water partition coefficient (Wildman–Crippen LogP) is 1.51. The van der Waals surface area contributed by atoms with E-state index in [1.807, 2.05) is 0 Å². The second kappa shape index (κ2) is 3.41. The van der Waals surface area contributed by atoms with Crippen LogP contribution in [0.4, 0.5) is 19.0 Å². The Hall–Kier alpha value is -1.24. The fourth-order valence-electron chi connectivity index (χ4n) is 1.36. The fourth-order valence-corrected chi connectivity index (χ4v) is 1.36. The number of nitrogens with one attached hydrogen (secondary N) is 1. The number of anilines is 1. The third-order valence-corrected chi connectivity index (χ3v) is 2.25. The molecule has 0 aromatic carbocycles. The van der Waals surface area contributed by atoms with E-state index in [2.05, 4.69) is 10.4 Å². The topological polar surface area (TPSA) is 39.1 Å². The van der Waals surface area contributed by atoms with Crippen molar-refractivity contribution in [2.45, 2.75) is 12.2 Å². The Kier molecular flexibility index (Phi) is 2.34. The molecule has 0 unspecified atom stereocenters. The first-order valence-electron chi connectivity index (χ1n) is 4.44. The summed E-state index contributed by atoms with van der Waals surface area (Å²) in [5.41, 5.74) is -0.876. The van der Waals surface area contributed by atoms with Crippen LogP contribution in [0.5, 0.6) is 0 Å². The molecule has 1 saturated heterocycles. The largest absolute Gasteiger partial charge is 0.435 e. The average molecular weight is 221 g/mol. The van der Waals surface area contributed by atoms with E-state index in [9.17, 15) is 13.2 Å². The van der Waals surface area contributed by atoms with Crippen LogP contribution in [0, 0.1) is 0 Å². The highest BCUT2D eigenvalue weighted by atomic mass is 19.4. The van der Waals surface area contributed by atoms with Crippen molar-refractivity contribution in [1.29, 1.82) is 0 Å². The summed E-state index contributed by atoms with van der Waals surface area (Å²) in [6, 6.07) is 0.904. The molecule has 7 heteroatoms. The molecule has 1 fully saturated rings. The lowest BCUT2D eigenvalue weighted by atomic mass is 10.3. The summed E-state index contributed by atoms with van der Waals surface area (Å²) >= 11 is 0. The van der Waals surface area contributed by atoms with Crippen molar-refractivity contribution < 1.29 is 17.9 Å². The van der Waals surface area contributed by atoms with Crippen LogP contribution in [-0.4, -0.2) is 30.0 Å². The summed E-state index contributed by atoms with van der Waals surface area (Å²) < 4.78 is 43.3. The van der Waals surface area contributed by atoms with Gasteiger partial charge in [-0.3, -0.25) is 0 Å². The first-order valence-corrected chi connectivity index (χ1v) is 4.44. The number of alkyl halides is 3. The minimum atomic E-state index is -4.40. The van der Waals surface area contributed by atoms with E-state index in [0.717, 1.165) is 6.07 Å². The van der Waals surface area contributed by atoms with Gasteiger partial charge in [0.25, 0.3) is 0 Å². The van der Waals surface area contributed by atoms with Gasteiger partial charge in [0.2, 0.25) is 0 Å². The van der Waals surface area contributed by atoms with Crippen LogP contribution in [0.3, 0.4) is 0 Å². The fraction of sp³-hybridized carbons (Fsp3) is 0.625. The third kappa shape index (κ3) is 1.79. The first-order chi connectivity index (χ1) is 7.02. The summed E-state index contributed by atoms with van der Waals surface area (Å²) in [4.78, 5) is 0. The Balaban J connectivity index is 2.32. The van der Waals surface area contributed by atoms with E-state index in [1.54, 1.807) is 7.05 Å². The lowest BCUT2D eigenvalue weighted by Crippen LogP contribution is -2.32. The molecule has 0 bridgehead atoms. The highest BCUT2D eigenvalue weighted by Gasteiger charge is 2.36. The molecule has 1 aliphatic rings. The van der Waals surface area contributed by atoms with Crippen LogP contribution in [0.2, 0.25) is 0 Å². The Morgan fingerprint density at radius 1 is 1.53 bits per heavy atom. The molecule has 0 spiro atoms. The Bertz CT molecular complexity index is 357. The molecule has 1 aliphatic heterocycles. The number of nitrogens with zero attached hydrogens (tertiary/aromatic N) is 2. The van der Waals surface area contributed by atoms with Crippen LogP contribution in [0.25, 0.3) is 0 Å². The van der Waals surface area contributed by atoms with Crippen LogP contribution < -0.4 is 5.32 Å². The van der Waals surface area contributed by atoms with Crippen molar-refractivity contribution in [3.63, 3.8) is 0 Å². The van der Waals surface area contributed by atoms with Crippen LogP contribution >= 0.6 is 0 Å². The van der Waals surface area contributed by atoms with Crippen LogP contribution in [-0.2, 0) is 10.9 Å². The molecule has 0 amide bonds. The molecule has 0 radical (unpaired) electrons. The van der Waals surface area contributed by atoms with Gasteiger partial charge in [-0.05, 0) is 0 Å². The average Bonchev–Trinajstić information content (AvgIpc) is 2.44. The van der Waals surface area contributed by atoms with Crippen LogP contribution in [0.15, 0.2) is 6.07 Å². The molecule has 4 nitrogen and oxygen atoms in total. The number of hydrogen-bond donors (Lipinski definition) is 1. The van der Waals surface area contributed by atoms with Gasteiger partial charge in [0.15, 0.2) is 5.69 Å². The summed E-state index contributed by atoms with van der Waals surface area (Å²) in [6.07, 6.45) is -4.40. The minimum absolute atomic E-state index is 0.0939. The van der Waals surface area contributed by atoms with E-state index < -0.39 is 11.9 Å². The number of rotatable bonds is 2. The summed E-state index contributed by atoms with van der Waals surface area (Å²) in [7, 11) is 1.56. The monoisotopic (exact) mass is 221 g/mol. The first kappa shape index (κ1) is 10.3. The van der Waals surface area contributed by atoms with Gasteiger partial charge in [0.1, 0.15) is 11.9 Å². The van der Waals surface area contributed by atoms with Gasteiger partial charge < -0.3 is 10.1 Å². The van der Waals surface area contributed by atoms with Crippen molar-refractivity contribution >= 4 is 5.82 Å². The maximum atomic E-state index is 12.4. The molecule has 2 heterocycles. The van der Waals surface area contributed by atoms with E-state index in [-0.39, 0.29) is 6.04 Å². The zero-order chi connectivity index (χ0) is 11.1. The molecule has 15 heavy (non-hydrogen) atoms. The maximum Gasteiger partial charge on any atom is 0.435 e. The van der Waals surface area contributed by atoms with Crippen molar-refractivity contribution in [2.24, 2.45) is 0 Å². The standard InChI is InChI=1S/C8H10F3N3O/c1-12-7-2-6(8(9,10)11)13-14(7)5-3-15-4-5/h2,5,12H,3-4H2,1H3. The lowest BCUT2D eigenvalue weighted by Gasteiger charge is -2.27. The zero-order valence-corrected chi connectivity index (χ0v) is 8.01. The molecular formula is C8H10F3N3O. The Morgan fingerprint density at radius 2 is 2.20 bits per heavy atom. The number of halogens is 3. The second-order valence-corrected chi connectivity index (χ2v) is 3.30. The summed E-state index contributed by atoms with van der Waals surface area (Å²) in [5, 5.41) is 6.21. The van der Waals surface area contributed by atoms with Crippen molar-refractivity contribution in [1.82, 2.24) is 9.78 Å². The van der Waals surface area contributed by atoms with E-state index in [4.69, 9.17) is 4.74 Å². The SMILES string of the molecule is CNc1cc(C(F)(F)F)nn1C1COC1. The normalized spacial score (nSPS) is 17.6. The van der Waals surface area contributed by atoms with Gasteiger partial charge >= 0.3 is 6.18 Å². The van der Waals surface area contributed by atoms with Gasteiger partial charge in [-0.2, -0.15) is 18.3 Å². The molecule has 1 aromatic rings. The van der Waals surface area contributed by atoms with Crippen molar-refractivity contribution in [2.75, 3.05) is 25.6 Å². The highest BCUT2D eigenvalue weighted by Crippen LogP contribution is 2.32. The predicted molar refractivity (Wildman–Crippen MR) is 46.6 cm³/mol. The maximum absolute atomic E-state index is 12.4. The van der Waals surface area contributed by atoms with Crippen molar-refractivity contribution in [3.05, 3.63) is 11.8 Å². The summed E-state index contributed by atoms with van der Waals surface area (Å²) in [6.45, 7) is 0.821. The molecule has 1 aromatic heterocycles. The quantitative estimate of drug-likeness (QED) is 0.822. The third-order valence-electron chi connectivity index (χ3n) is 2.25. The highest BCUT2D eigenvalue weighted by molar-refractivity contribution is 5.38. The van der Waals surface area contributed by atoms with Crippen molar-refractivity contribution in [3.8, 4) is 0 Å². The molecule has 1 N–H and O–H groups in total. The Morgan fingerprint density at radius 3 is 2.60 bits per heavy atom. The van der Waals surface area contributed by atoms with E-state index in [0.29, 0.717) is 19.0 Å². The summed E-state index contributed by atoms with van der Waals surface area (Å²) in [5.74, 6) is 0.357. The second-order valence-electron chi connectivity index (χ2n) is 3.30. The van der Waals surface area contributed by atoms with Gasteiger partial charge in [-0.15, -0.1) is 0 Å². The van der Waals surface area contributed by atoms with E-state index >= 15 is 0 Å². The molecule has 2 rings (SSSR count). The molecular weight excluding hydrogens is 211 g/mol. The van der Waals surface area contributed by atoms with Gasteiger partial charge in [-0.1, -0.05) is 0 Å². The molecule has 0 atom stereocenters. The zero-order valence-electron chi connectivity index (χ0n) is 8.01. The molecule has 0 aliphatic carbocycles. The van der Waals surface area contributed by atoms with E-state index in [1.165, 1.54) is 4.68 Å². The van der Waals surface area contributed by atoms with Gasteiger partial charge in [0, 0.05) is 13.1 Å². The molecule has 84 valence electrons. The van der Waals surface area contributed by atoms with Gasteiger partial charge in [0.05, 0.1) is 13.2 Å². The van der Waals surface area contributed by atoms with Crippen LogP contribution in [0.1, 0.15) is 11.7 Å².